The van der Waals surface area contributed by atoms with Gasteiger partial charge in [-0.15, -0.1) is 0 Å². The van der Waals surface area contributed by atoms with E-state index in [1.165, 1.54) is 4.90 Å². The summed E-state index contributed by atoms with van der Waals surface area (Å²) >= 11 is 11.0. The van der Waals surface area contributed by atoms with Crippen molar-refractivity contribution in [1.29, 1.82) is 0 Å². The Morgan fingerprint density at radius 3 is 2.21 bits per heavy atom. The summed E-state index contributed by atoms with van der Waals surface area (Å²) in [6.45, 7) is 1.98. The SMILES string of the molecule is Cc1ccc(N(C)C(=O)C(Cl)Cl)cc1. The van der Waals surface area contributed by atoms with Gasteiger partial charge in [0.2, 0.25) is 0 Å². The number of rotatable bonds is 2. The number of carbonyl (C=O) groups is 1. The molecule has 0 aliphatic carbocycles. The van der Waals surface area contributed by atoms with Crippen LogP contribution < -0.4 is 4.90 Å². The van der Waals surface area contributed by atoms with Crippen LogP contribution in [0.25, 0.3) is 0 Å². The van der Waals surface area contributed by atoms with E-state index in [-0.39, 0.29) is 5.91 Å². The van der Waals surface area contributed by atoms with Gasteiger partial charge in [-0.2, -0.15) is 0 Å². The van der Waals surface area contributed by atoms with Crippen LogP contribution in [0, 0.1) is 6.92 Å². The van der Waals surface area contributed by atoms with Gasteiger partial charge in [-0.3, -0.25) is 4.79 Å². The molecule has 76 valence electrons. The molecule has 2 nitrogen and oxygen atoms in total. The molecular weight excluding hydrogens is 221 g/mol. The minimum Gasteiger partial charge on any atom is -0.313 e. The summed E-state index contributed by atoms with van der Waals surface area (Å²) in [6, 6.07) is 7.56. The molecular formula is C10H11Cl2NO. The lowest BCUT2D eigenvalue weighted by Gasteiger charge is -2.17. The Bertz CT molecular complexity index is 321. The largest absolute Gasteiger partial charge is 0.313 e. The second-order valence-corrected chi connectivity index (χ2v) is 4.13. The molecule has 0 radical (unpaired) electrons. The van der Waals surface area contributed by atoms with E-state index in [4.69, 9.17) is 23.2 Å². The Balaban J connectivity index is 2.84. The van der Waals surface area contributed by atoms with Crippen LogP contribution in [0.4, 0.5) is 5.69 Å². The van der Waals surface area contributed by atoms with Gasteiger partial charge in [0.15, 0.2) is 4.84 Å². The minimum absolute atomic E-state index is 0.322. The fourth-order valence-corrected chi connectivity index (χ4v) is 1.33. The topological polar surface area (TPSA) is 20.3 Å². The molecule has 0 aromatic heterocycles. The third kappa shape index (κ3) is 2.63. The molecule has 1 aromatic carbocycles. The molecule has 0 aliphatic rings. The number of hydrogen-bond acceptors (Lipinski definition) is 1. The Morgan fingerprint density at radius 1 is 1.29 bits per heavy atom. The maximum absolute atomic E-state index is 11.4. The zero-order valence-corrected chi connectivity index (χ0v) is 9.51. The van der Waals surface area contributed by atoms with Gasteiger partial charge in [-0.25, -0.2) is 0 Å². The smallest absolute Gasteiger partial charge is 0.260 e. The molecule has 4 heteroatoms. The first-order chi connectivity index (χ1) is 6.52. The normalized spacial score (nSPS) is 10.4. The number of aryl methyl sites for hydroxylation is 1. The van der Waals surface area contributed by atoms with Gasteiger partial charge in [-0.1, -0.05) is 40.9 Å². The molecule has 0 fully saturated rings. The van der Waals surface area contributed by atoms with Crippen molar-refractivity contribution in [2.45, 2.75) is 11.8 Å². The first-order valence-corrected chi connectivity index (χ1v) is 5.02. The van der Waals surface area contributed by atoms with Crippen molar-refractivity contribution in [3.8, 4) is 0 Å². The average Bonchev–Trinajstić information content (AvgIpc) is 2.16. The average molecular weight is 232 g/mol. The fourth-order valence-electron chi connectivity index (χ4n) is 1.04. The molecule has 14 heavy (non-hydrogen) atoms. The number of anilines is 1. The summed E-state index contributed by atoms with van der Waals surface area (Å²) in [4.78, 5) is 11.8. The summed E-state index contributed by atoms with van der Waals surface area (Å²) < 4.78 is 0. The predicted molar refractivity (Wildman–Crippen MR) is 60.1 cm³/mol. The zero-order valence-electron chi connectivity index (χ0n) is 8.00. The van der Waals surface area contributed by atoms with E-state index < -0.39 is 4.84 Å². The molecule has 1 rings (SSSR count). The van der Waals surface area contributed by atoms with Crippen molar-refractivity contribution >= 4 is 34.8 Å². The van der Waals surface area contributed by atoms with Gasteiger partial charge in [0, 0.05) is 12.7 Å². The molecule has 1 amide bonds. The molecule has 0 bridgehead atoms. The third-order valence-corrected chi connectivity index (χ3v) is 2.31. The zero-order chi connectivity index (χ0) is 10.7. The molecule has 1 aromatic rings. The summed E-state index contributed by atoms with van der Waals surface area (Å²) in [5.74, 6) is -0.322. The first kappa shape index (κ1) is 11.3. The highest BCUT2D eigenvalue weighted by Crippen LogP contribution is 2.16. The van der Waals surface area contributed by atoms with E-state index in [1.807, 2.05) is 31.2 Å². The number of alkyl halides is 2. The summed E-state index contributed by atoms with van der Waals surface area (Å²) in [6.07, 6.45) is 0. The number of nitrogens with zero attached hydrogens (tertiary/aromatic N) is 1. The summed E-state index contributed by atoms with van der Waals surface area (Å²) in [7, 11) is 1.64. The Kier molecular flexibility index (Phi) is 3.78. The molecule has 0 spiro atoms. The maximum Gasteiger partial charge on any atom is 0.260 e. The monoisotopic (exact) mass is 231 g/mol. The van der Waals surface area contributed by atoms with E-state index in [2.05, 4.69) is 0 Å². The van der Waals surface area contributed by atoms with Crippen molar-refractivity contribution in [2.75, 3.05) is 11.9 Å². The van der Waals surface area contributed by atoms with E-state index >= 15 is 0 Å². The summed E-state index contributed by atoms with van der Waals surface area (Å²) in [5.41, 5.74) is 1.93. The van der Waals surface area contributed by atoms with E-state index in [0.717, 1.165) is 11.3 Å². The first-order valence-electron chi connectivity index (χ1n) is 4.15. The molecule has 0 saturated heterocycles. The van der Waals surface area contributed by atoms with Crippen LogP contribution in [0.2, 0.25) is 0 Å². The van der Waals surface area contributed by atoms with Crippen molar-refractivity contribution in [1.82, 2.24) is 0 Å². The van der Waals surface area contributed by atoms with Crippen LogP contribution in [-0.2, 0) is 4.79 Å². The third-order valence-electron chi connectivity index (χ3n) is 1.94. The van der Waals surface area contributed by atoms with E-state index in [0.29, 0.717) is 0 Å². The van der Waals surface area contributed by atoms with Crippen LogP contribution in [0.15, 0.2) is 24.3 Å². The number of amides is 1. The van der Waals surface area contributed by atoms with Gasteiger partial charge < -0.3 is 4.90 Å². The van der Waals surface area contributed by atoms with Crippen LogP contribution in [0.1, 0.15) is 5.56 Å². The lowest BCUT2D eigenvalue weighted by Crippen LogP contribution is -2.30. The quantitative estimate of drug-likeness (QED) is 0.718. The number of hydrogen-bond donors (Lipinski definition) is 0. The van der Waals surface area contributed by atoms with Gasteiger partial charge in [-0.05, 0) is 19.1 Å². The van der Waals surface area contributed by atoms with Crippen molar-refractivity contribution < 1.29 is 4.79 Å². The van der Waals surface area contributed by atoms with Crippen molar-refractivity contribution in [3.63, 3.8) is 0 Å². The molecule has 0 saturated carbocycles. The van der Waals surface area contributed by atoms with Crippen LogP contribution in [0.5, 0.6) is 0 Å². The summed E-state index contributed by atoms with van der Waals surface area (Å²) in [5, 5.41) is 0. The molecule has 0 aliphatic heterocycles. The van der Waals surface area contributed by atoms with Gasteiger partial charge in [0.1, 0.15) is 0 Å². The Hall–Kier alpha value is -0.730. The van der Waals surface area contributed by atoms with Gasteiger partial charge >= 0.3 is 0 Å². The number of benzene rings is 1. The van der Waals surface area contributed by atoms with Crippen molar-refractivity contribution in [2.24, 2.45) is 0 Å². The highest BCUT2D eigenvalue weighted by Gasteiger charge is 2.17. The Morgan fingerprint density at radius 2 is 1.79 bits per heavy atom. The minimum atomic E-state index is -1.01. The number of halogens is 2. The van der Waals surface area contributed by atoms with Crippen LogP contribution in [0.3, 0.4) is 0 Å². The highest BCUT2D eigenvalue weighted by atomic mass is 35.5. The van der Waals surface area contributed by atoms with Gasteiger partial charge in [0.25, 0.3) is 5.91 Å². The van der Waals surface area contributed by atoms with Crippen LogP contribution in [-0.4, -0.2) is 17.8 Å². The molecule has 0 unspecified atom stereocenters. The fraction of sp³-hybridized carbons (Fsp3) is 0.300. The Labute approximate surface area is 93.4 Å². The van der Waals surface area contributed by atoms with Crippen LogP contribution >= 0.6 is 23.2 Å². The van der Waals surface area contributed by atoms with E-state index in [9.17, 15) is 4.79 Å². The van der Waals surface area contributed by atoms with E-state index in [1.54, 1.807) is 7.05 Å². The highest BCUT2D eigenvalue weighted by molar-refractivity contribution is 6.54. The van der Waals surface area contributed by atoms with Crippen molar-refractivity contribution in [3.05, 3.63) is 29.8 Å². The molecule has 0 N–H and O–H groups in total. The predicted octanol–water partition coefficient (Wildman–Crippen LogP) is 2.76. The molecule has 0 atom stereocenters. The second-order valence-electron chi connectivity index (χ2n) is 3.03. The maximum atomic E-state index is 11.4. The lowest BCUT2D eigenvalue weighted by atomic mass is 10.2. The lowest BCUT2D eigenvalue weighted by molar-refractivity contribution is -0.116. The standard InChI is InChI=1S/C10H11Cl2NO/c1-7-3-5-8(6-4-7)13(2)10(14)9(11)12/h3-6,9H,1-2H3. The number of carbonyl (C=O) groups excluding carboxylic acids is 1. The molecule has 0 heterocycles. The van der Waals surface area contributed by atoms with Gasteiger partial charge in [0.05, 0.1) is 0 Å². The second kappa shape index (κ2) is 4.67.